The number of fused-ring (bicyclic) bond motifs is 1. The third-order valence-corrected chi connectivity index (χ3v) is 4.55. The molecule has 3 rings (SSSR count). The smallest absolute Gasteiger partial charge is 0.357 e. The van der Waals surface area contributed by atoms with Crippen LogP contribution < -0.4 is 0 Å². The number of nitrogens with zero attached hydrogens (tertiary/aromatic N) is 2. The molecule has 2 aliphatic carbocycles. The lowest BCUT2D eigenvalue weighted by Crippen LogP contribution is -2.12. The van der Waals surface area contributed by atoms with E-state index < -0.39 is 5.97 Å². The largest absolute Gasteiger partial charge is 0.461 e. The maximum absolute atomic E-state index is 12.1. The number of aromatic nitrogens is 1. The zero-order valence-corrected chi connectivity index (χ0v) is 12.4. The van der Waals surface area contributed by atoms with E-state index >= 15 is 0 Å². The number of carbonyl (C=O) groups is 1. The minimum Gasteiger partial charge on any atom is -0.461 e. The van der Waals surface area contributed by atoms with Crippen LogP contribution in [-0.4, -0.2) is 17.6 Å². The molecule has 1 heterocycles. The molecule has 2 aliphatic rings. The summed E-state index contributed by atoms with van der Waals surface area (Å²) in [4.78, 5) is 16.2. The third kappa shape index (κ3) is 2.92. The molecule has 4 heteroatoms. The monoisotopic (exact) mass is 284 g/mol. The van der Waals surface area contributed by atoms with Crippen molar-refractivity contribution < 1.29 is 9.53 Å². The van der Waals surface area contributed by atoms with Crippen LogP contribution in [0.2, 0.25) is 0 Å². The standard InChI is InChI=1S/C17H20N2O2/c1-2-21-17(20)16-14-8-7-12(6-5-11-3-4-11)15(14)9-13(10-18)19-16/h9,11-12H,2-8H2,1H3/t12-/m1/s1. The van der Waals surface area contributed by atoms with Crippen LogP contribution in [-0.2, 0) is 11.2 Å². The molecule has 0 amide bonds. The lowest BCUT2D eigenvalue weighted by Gasteiger charge is -2.12. The van der Waals surface area contributed by atoms with Gasteiger partial charge in [0.25, 0.3) is 0 Å². The van der Waals surface area contributed by atoms with Crippen molar-refractivity contribution in [3.63, 3.8) is 0 Å². The van der Waals surface area contributed by atoms with Gasteiger partial charge in [0.05, 0.1) is 6.61 Å². The van der Waals surface area contributed by atoms with Crippen molar-refractivity contribution in [1.29, 1.82) is 5.26 Å². The van der Waals surface area contributed by atoms with E-state index in [9.17, 15) is 4.79 Å². The van der Waals surface area contributed by atoms with E-state index in [4.69, 9.17) is 10.00 Å². The van der Waals surface area contributed by atoms with Crippen LogP contribution in [0, 0.1) is 17.2 Å². The average Bonchev–Trinajstić information content (AvgIpc) is 3.24. The van der Waals surface area contributed by atoms with Gasteiger partial charge in [-0.15, -0.1) is 0 Å². The molecule has 0 N–H and O–H groups in total. The van der Waals surface area contributed by atoms with Gasteiger partial charge in [0.15, 0.2) is 5.69 Å². The van der Waals surface area contributed by atoms with Gasteiger partial charge in [0.1, 0.15) is 11.8 Å². The van der Waals surface area contributed by atoms with Crippen LogP contribution in [0.3, 0.4) is 0 Å². The molecule has 21 heavy (non-hydrogen) atoms. The van der Waals surface area contributed by atoms with Gasteiger partial charge >= 0.3 is 5.97 Å². The van der Waals surface area contributed by atoms with Gasteiger partial charge in [0.2, 0.25) is 0 Å². The first-order valence-electron chi connectivity index (χ1n) is 7.84. The van der Waals surface area contributed by atoms with Crippen molar-refractivity contribution in [2.24, 2.45) is 5.92 Å². The summed E-state index contributed by atoms with van der Waals surface area (Å²) in [5, 5.41) is 9.15. The quantitative estimate of drug-likeness (QED) is 0.778. The number of hydrogen-bond acceptors (Lipinski definition) is 4. The zero-order valence-electron chi connectivity index (χ0n) is 12.4. The fourth-order valence-corrected chi connectivity index (χ4v) is 3.26. The molecule has 1 aromatic rings. The van der Waals surface area contributed by atoms with Gasteiger partial charge in [-0.25, -0.2) is 9.78 Å². The fourth-order valence-electron chi connectivity index (χ4n) is 3.26. The second kappa shape index (κ2) is 5.85. The first-order valence-corrected chi connectivity index (χ1v) is 7.84. The Labute approximate surface area is 125 Å². The Bertz CT molecular complexity index is 600. The van der Waals surface area contributed by atoms with Crippen LogP contribution in [0.4, 0.5) is 0 Å². The molecule has 0 aromatic carbocycles. The summed E-state index contributed by atoms with van der Waals surface area (Å²) in [5.74, 6) is 0.994. The van der Waals surface area contributed by atoms with Crippen molar-refractivity contribution in [2.75, 3.05) is 6.61 Å². The van der Waals surface area contributed by atoms with Crippen LogP contribution in [0.25, 0.3) is 0 Å². The Balaban J connectivity index is 1.89. The van der Waals surface area contributed by atoms with Gasteiger partial charge in [-0.05, 0) is 61.6 Å². The maximum Gasteiger partial charge on any atom is 0.357 e. The topological polar surface area (TPSA) is 63.0 Å². The molecule has 1 atom stereocenters. The summed E-state index contributed by atoms with van der Waals surface area (Å²) in [7, 11) is 0. The fraction of sp³-hybridized carbons (Fsp3) is 0.588. The average molecular weight is 284 g/mol. The number of hydrogen-bond donors (Lipinski definition) is 0. The summed E-state index contributed by atoms with van der Waals surface area (Å²) in [6.07, 6.45) is 7.10. The molecular formula is C17H20N2O2. The molecule has 0 bridgehead atoms. The van der Waals surface area contributed by atoms with Gasteiger partial charge < -0.3 is 4.74 Å². The Morgan fingerprint density at radius 2 is 2.24 bits per heavy atom. The van der Waals surface area contributed by atoms with Crippen molar-refractivity contribution in [3.8, 4) is 6.07 Å². The van der Waals surface area contributed by atoms with E-state index in [1.54, 1.807) is 6.92 Å². The lowest BCUT2D eigenvalue weighted by molar-refractivity contribution is 0.0518. The highest BCUT2D eigenvalue weighted by molar-refractivity contribution is 5.89. The van der Waals surface area contributed by atoms with Crippen molar-refractivity contribution in [3.05, 3.63) is 28.6 Å². The Hall–Kier alpha value is -1.89. The SMILES string of the molecule is CCOC(=O)c1nc(C#N)cc2c1CC[C@H]2CCC1CC1. The van der Waals surface area contributed by atoms with Crippen LogP contribution >= 0.6 is 0 Å². The highest BCUT2D eigenvalue weighted by Crippen LogP contribution is 2.42. The molecular weight excluding hydrogens is 264 g/mol. The van der Waals surface area contributed by atoms with Crippen molar-refractivity contribution in [1.82, 2.24) is 4.98 Å². The highest BCUT2D eigenvalue weighted by Gasteiger charge is 2.31. The second-order valence-corrected chi connectivity index (χ2v) is 6.01. The van der Waals surface area contributed by atoms with Crippen LogP contribution in [0.5, 0.6) is 0 Å². The normalized spacial score (nSPS) is 19.9. The molecule has 1 saturated carbocycles. The predicted octanol–water partition coefficient (Wildman–Crippen LogP) is 3.35. The van der Waals surface area contributed by atoms with Crippen LogP contribution in [0.1, 0.15) is 72.3 Å². The van der Waals surface area contributed by atoms with E-state index in [1.165, 1.54) is 19.3 Å². The third-order valence-electron chi connectivity index (χ3n) is 4.55. The van der Waals surface area contributed by atoms with Gasteiger partial charge in [-0.1, -0.05) is 12.8 Å². The van der Waals surface area contributed by atoms with E-state index in [0.29, 0.717) is 23.9 Å². The predicted molar refractivity (Wildman–Crippen MR) is 77.9 cm³/mol. The summed E-state index contributed by atoms with van der Waals surface area (Å²) in [6, 6.07) is 3.95. The second-order valence-electron chi connectivity index (χ2n) is 6.01. The molecule has 0 aliphatic heterocycles. The number of rotatable bonds is 5. The lowest BCUT2D eigenvalue weighted by atomic mass is 9.94. The number of ether oxygens (including phenoxy) is 1. The number of esters is 1. The Kier molecular flexibility index (Phi) is 3.92. The van der Waals surface area contributed by atoms with Gasteiger partial charge in [-0.3, -0.25) is 0 Å². The summed E-state index contributed by atoms with van der Waals surface area (Å²) in [5.41, 5.74) is 2.86. The Morgan fingerprint density at radius 1 is 1.43 bits per heavy atom. The summed E-state index contributed by atoms with van der Waals surface area (Å²) in [6.45, 7) is 2.11. The molecule has 1 fully saturated rings. The number of carbonyl (C=O) groups excluding carboxylic acids is 1. The molecule has 1 aromatic heterocycles. The molecule has 0 radical (unpaired) electrons. The molecule has 0 saturated heterocycles. The van der Waals surface area contributed by atoms with E-state index in [2.05, 4.69) is 11.1 Å². The summed E-state index contributed by atoms with van der Waals surface area (Å²) < 4.78 is 5.09. The highest BCUT2D eigenvalue weighted by atomic mass is 16.5. The molecule has 110 valence electrons. The maximum atomic E-state index is 12.1. The van der Waals surface area contributed by atoms with Crippen molar-refractivity contribution >= 4 is 5.97 Å². The number of pyridine rings is 1. The van der Waals surface area contributed by atoms with Crippen molar-refractivity contribution in [2.45, 2.75) is 51.4 Å². The number of nitriles is 1. The minimum absolute atomic E-state index is 0.329. The van der Waals surface area contributed by atoms with E-state index in [0.717, 1.165) is 36.3 Å². The van der Waals surface area contributed by atoms with E-state index in [1.807, 2.05) is 6.07 Å². The van der Waals surface area contributed by atoms with Gasteiger partial charge in [0, 0.05) is 0 Å². The molecule has 0 spiro atoms. The van der Waals surface area contributed by atoms with Gasteiger partial charge in [-0.2, -0.15) is 5.26 Å². The van der Waals surface area contributed by atoms with E-state index in [-0.39, 0.29) is 0 Å². The van der Waals surface area contributed by atoms with Crippen LogP contribution in [0.15, 0.2) is 6.07 Å². The minimum atomic E-state index is -0.395. The molecule has 0 unspecified atom stereocenters. The Morgan fingerprint density at radius 3 is 2.90 bits per heavy atom. The summed E-state index contributed by atoms with van der Waals surface area (Å²) >= 11 is 0. The zero-order chi connectivity index (χ0) is 14.8. The molecule has 4 nitrogen and oxygen atoms in total. The first kappa shape index (κ1) is 14.1. The first-order chi connectivity index (χ1) is 10.2.